The highest BCUT2D eigenvalue weighted by Gasteiger charge is 2.19. The Hall–Kier alpha value is -4.05. The van der Waals surface area contributed by atoms with Crippen LogP contribution < -0.4 is 15.4 Å². The molecule has 1 amide bonds. The minimum Gasteiger partial charge on any atom is -0.454 e. The molecule has 3 aromatic rings. The zero-order chi connectivity index (χ0) is 22.5. The van der Waals surface area contributed by atoms with Crippen LogP contribution in [0.4, 0.5) is 21.6 Å². The molecule has 10 heteroatoms. The number of nitrogens with one attached hydrogen (secondary N) is 2. The van der Waals surface area contributed by atoms with Crippen molar-refractivity contribution in [3.8, 4) is 11.5 Å². The summed E-state index contributed by atoms with van der Waals surface area (Å²) in [7, 11) is 0. The lowest BCUT2D eigenvalue weighted by Crippen LogP contribution is -2.46. The van der Waals surface area contributed by atoms with Gasteiger partial charge in [0.25, 0.3) is 0 Å². The molecule has 1 atom stereocenters. The maximum atomic E-state index is 14.5. The van der Waals surface area contributed by atoms with Crippen molar-refractivity contribution in [1.29, 1.82) is 0 Å². The van der Waals surface area contributed by atoms with Crippen molar-refractivity contribution in [2.75, 3.05) is 18.5 Å². The summed E-state index contributed by atoms with van der Waals surface area (Å²) in [6.07, 6.45) is 2.02. The zero-order valence-corrected chi connectivity index (χ0v) is 16.8. The number of anilines is 2. The van der Waals surface area contributed by atoms with Crippen LogP contribution in [0.5, 0.6) is 11.5 Å². The summed E-state index contributed by atoms with van der Waals surface area (Å²) in [5.74, 6) is -0.308. The molecule has 0 saturated carbocycles. The lowest BCUT2D eigenvalue weighted by Gasteiger charge is -2.23. The number of rotatable bonds is 7. The van der Waals surface area contributed by atoms with Crippen molar-refractivity contribution in [2.45, 2.75) is 12.5 Å². The Kier molecular flexibility index (Phi) is 6.22. The topological polar surface area (TPSA) is 116 Å². The van der Waals surface area contributed by atoms with Crippen LogP contribution in [0.2, 0.25) is 0 Å². The molecule has 164 valence electrons. The van der Waals surface area contributed by atoms with Crippen molar-refractivity contribution in [2.24, 2.45) is 0 Å². The first-order valence-corrected chi connectivity index (χ1v) is 9.78. The van der Waals surface area contributed by atoms with E-state index in [9.17, 15) is 19.3 Å². The lowest BCUT2D eigenvalue weighted by atomic mass is 10.1. The second-order valence-corrected chi connectivity index (χ2v) is 7.13. The van der Waals surface area contributed by atoms with E-state index in [2.05, 4.69) is 15.6 Å². The number of carbonyl (C=O) groups excluding carboxylic acids is 1. The van der Waals surface area contributed by atoms with Gasteiger partial charge < -0.3 is 20.1 Å². The largest absolute Gasteiger partial charge is 0.454 e. The highest BCUT2D eigenvalue weighted by molar-refractivity contribution is 5.78. The van der Waals surface area contributed by atoms with E-state index in [0.29, 0.717) is 24.5 Å². The summed E-state index contributed by atoms with van der Waals surface area (Å²) in [6, 6.07) is 13.9. The molecule has 1 aromatic heterocycles. The van der Waals surface area contributed by atoms with Crippen LogP contribution >= 0.6 is 0 Å². The second-order valence-electron chi connectivity index (χ2n) is 7.13. The Morgan fingerprint density at radius 1 is 1.25 bits per heavy atom. The average molecular weight is 438 g/mol. The molecule has 0 bridgehead atoms. The second kappa shape index (κ2) is 9.40. The Morgan fingerprint density at radius 2 is 2.06 bits per heavy atom. The van der Waals surface area contributed by atoms with Gasteiger partial charge in [0.2, 0.25) is 11.7 Å². The Bertz CT molecular complexity index is 1140. The van der Waals surface area contributed by atoms with Crippen LogP contribution in [0.25, 0.3) is 0 Å². The number of ether oxygens (including phenoxy) is 2. The van der Waals surface area contributed by atoms with Gasteiger partial charge in [-0.15, -0.1) is 0 Å². The number of nitrogens with zero attached hydrogens (tertiary/aromatic N) is 2. The Labute approximate surface area is 182 Å². The fourth-order valence-electron chi connectivity index (χ4n) is 3.26. The van der Waals surface area contributed by atoms with Crippen molar-refractivity contribution in [1.82, 2.24) is 10.3 Å². The van der Waals surface area contributed by atoms with E-state index in [4.69, 9.17) is 9.47 Å². The van der Waals surface area contributed by atoms with E-state index < -0.39 is 10.7 Å². The maximum Gasteiger partial charge on any atom is 0.311 e. The standard InChI is InChI=1S/C22H19FN4O5/c23-18-11-15(26-22-19(27(29)30)2-1-9-24-22)5-8-20(18)32-17-6-3-14(4-7-17)10-16-12-31-13-21(28)25-16/h1-9,11,16H,10,12-13H2,(H,24,26)(H,25,28). The molecule has 1 saturated heterocycles. The molecular weight excluding hydrogens is 419 g/mol. The number of aromatic nitrogens is 1. The minimum absolute atomic E-state index is 0.00626. The van der Waals surface area contributed by atoms with Gasteiger partial charge in [-0.25, -0.2) is 9.37 Å². The highest BCUT2D eigenvalue weighted by Crippen LogP contribution is 2.30. The van der Waals surface area contributed by atoms with Crippen molar-refractivity contribution < 1.29 is 23.6 Å². The van der Waals surface area contributed by atoms with Gasteiger partial charge in [-0.05, 0) is 42.3 Å². The first kappa shape index (κ1) is 21.2. The minimum atomic E-state index is -0.639. The van der Waals surface area contributed by atoms with E-state index >= 15 is 0 Å². The molecule has 2 N–H and O–H groups in total. The van der Waals surface area contributed by atoms with Gasteiger partial charge in [0.05, 0.1) is 17.6 Å². The van der Waals surface area contributed by atoms with E-state index in [1.807, 2.05) is 12.1 Å². The quantitative estimate of drug-likeness (QED) is 0.427. The van der Waals surface area contributed by atoms with Gasteiger partial charge in [0, 0.05) is 24.0 Å². The molecule has 2 heterocycles. The van der Waals surface area contributed by atoms with Crippen LogP contribution in [0.15, 0.2) is 60.8 Å². The predicted molar refractivity (Wildman–Crippen MR) is 114 cm³/mol. The van der Waals surface area contributed by atoms with E-state index in [0.717, 1.165) is 5.56 Å². The number of benzene rings is 2. The van der Waals surface area contributed by atoms with Crippen molar-refractivity contribution >= 4 is 23.1 Å². The molecular formula is C22H19FN4O5. The first-order chi connectivity index (χ1) is 15.5. The molecule has 4 rings (SSSR count). The van der Waals surface area contributed by atoms with Crippen molar-refractivity contribution in [3.63, 3.8) is 0 Å². The monoisotopic (exact) mass is 438 g/mol. The van der Waals surface area contributed by atoms with E-state index in [1.165, 1.54) is 36.5 Å². The third kappa shape index (κ3) is 5.16. The molecule has 9 nitrogen and oxygen atoms in total. The molecule has 1 aliphatic rings. The highest BCUT2D eigenvalue weighted by atomic mass is 19.1. The Morgan fingerprint density at radius 3 is 2.78 bits per heavy atom. The Balaban J connectivity index is 1.40. The molecule has 0 spiro atoms. The summed E-state index contributed by atoms with van der Waals surface area (Å²) >= 11 is 0. The number of halogens is 1. The van der Waals surface area contributed by atoms with E-state index in [1.54, 1.807) is 12.1 Å². The fourth-order valence-corrected chi connectivity index (χ4v) is 3.26. The summed E-state index contributed by atoms with van der Waals surface area (Å²) in [5.41, 5.74) is 1.06. The summed E-state index contributed by atoms with van der Waals surface area (Å²) in [5, 5.41) is 16.7. The average Bonchev–Trinajstić information content (AvgIpc) is 2.77. The normalized spacial score (nSPS) is 15.7. The number of hydrogen-bond donors (Lipinski definition) is 2. The van der Waals surface area contributed by atoms with Crippen LogP contribution in [0.3, 0.4) is 0 Å². The molecule has 0 radical (unpaired) electrons. The molecule has 1 unspecified atom stereocenters. The fraction of sp³-hybridized carbons (Fsp3) is 0.182. The third-order valence-electron chi connectivity index (χ3n) is 4.73. The van der Waals surface area contributed by atoms with Gasteiger partial charge in [0.1, 0.15) is 12.4 Å². The lowest BCUT2D eigenvalue weighted by molar-refractivity contribution is -0.384. The molecule has 32 heavy (non-hydrogen) atoms. The maximum absolute atomic E-state index is 14.5. The number of amides is 1. The molecule has 2 aromatic carbocycles. The van der Waals surface area contributed by atoms with Crippen LogP contribution in [-0.4, -0.2) is 35.1 Å². The number of nitro groups is 1. The first-order valence-electron chi connectivity index (χ1n) is 9.78. The third-order valence-corrected chi connectivity index (χ3v) is 4.73. The van der Waals surface area contributed by atoms with Crippen LogP contribution in [0, 0.1) is 15.9 Å². The van der Waals surface area contributed by atoms with Crippen LogP contribution in [0.1, 0.15) is 5.56 Å². The van der Waals surface area contributed by atoms with Crippen LogP contribution in [-0.2, 0) is 16.0 Å². The van der Waals surface area contributed by atoms with Gasteiger partial charge in [-0.1, -0.05) is 12.1 Å². The number of hydrogen-bond acceptors (Lipinski definition) is 7. The van der Waals surface area contributed by atoms with Gasteiger partial charge in [-0.2, -0.15) is 0 Å². The SMILES string of the molecule is O=C1COCC(Cc2ccc(Oc3ccc(Nc4ncccc4[N+](=O)[O-])cc3F)cc2)N1. The number of pyridine rings is 1. The van der Waals surface area contributed by atoms with Gasteiger partial charge in [0.15, 0.2) is 11.6 Å². The summed E-state index contributed by atoms with van der Waals surface area (Å²) in [6.45, 7) is 0.541. The number of morpholine rings is 1. The summed E-state index contributed by atoms with van der Waals surface area (Å²) < 4.78 is 25.4. The molecule has 1 fully saturated rings. The van der Waals surface area contributed by atoms with Crippen molar-refractivity contribution in [3.05, 3.63) is 82.3 Å². The molecule has 1 aliphatic heterocycles. The van der Waals surface area contributed by atoms with Gasteiger partial charge >= 0.3 is 5.69 Å². The van der Waals surface area contributed by atoms with Gasteiger partial charge in [-0.3, -0.25) is 14.9 Å². The predicted octanol–water partition coefficient (Wildman–Crippen LogP) is 3.72. The number of carbonyl (C=O) groups is 1. The summed E-state index contributed by atoms with van der Waals surface area (Å²) in [4.78, 5) is 25.9. The smallest absolute Gasteiger partial charge is 0.311 e. The van der Waals surface area contributed by atoms with E-state index in [-0.39, 0.29) is 35.8 Å². The molecule has 0 aliphatic carbocycles. The zero-order valence-electron chi connectivity index (χ0n) is 16.8.